The molecule has 0 saturated carbocycles. The fraction of sp³-hybridized carbons (Fsp3) is 0.389. The van der Waals surface area contributed by atoms with Gasteiger partial charge in [0, 0.05) is 19.2 Å². The summed E-state index contributed by atoms with van der Waals surface area (Å²) in [6, 6.07) is 9.07. The molecule has 0 unspecified atom stereocenters. The van der Waals surface area contributed by atoms with E-state index in [2.05, 4.69) is 34.0 Å². The van der Waals surface area contributed by atoms with Crippen molar-refractivity contribution in [1.82, 2.24) is 9.97 Å². The summed E-state index contributed by atoms with van der Waals surface area (Å²) in [7, 11) is 0. The number of nitrogens with one attached hydrogen (secondary N) is 1. The first-order valence-electron chi connectivity index (χ1n) is 8.22. The summed E-state index contributed by atoms with van der Waals surface area (Å²) in [6.07, 6.45) is 0. The van der Waals surface area contributed by atoms with E-state index < -0.39 is 0 Å². The minimum Gasteiger partial charge on any atom is -0.492 e. The van der Waals surface area contributed by atoms with Crippen LogP contribution in [0.5, 0.6) is 5.75 Å². The van der Waals surface area contributed by atoms with E-state index in [1.807, 2.05) is 31.2 Å². The third kappa shape index (κ3) is 4.22. The van der Waals surface area contributed by atoms with Crippen LogP contribution in [0.2, 0.25) is 0 Å². The van der Waals surface area contributed by atoms with E-state index in [1.54, 1.807) is 13.0 Å². The highest BCUT2D eigenvalue weighted by Gasteiger charge is 2.15. The van der Waals surface area contributed by atoms with Gasteiger partial charge in [-0.3, -0.25) is 4.79 Å². The van der Waals surface area contributed by atoms with Gasteiger partial charge in [0.05, 0.1) is 12.3 Å². The average Bonchev–Trinajstić information content (AvgIpc) is 2.57. The first-order chi connectivity index (χ1) is 11.6. The average molecular weight is 328 g/mol. The molecule has 24 heavy (non-hydrogen) atoms. The molecule has 1 heterocycles. The second-order valence-electron chi connectivity index (χ2n) is 5.21. The Bertz CT molecular complexity index is 699. The Kier molecular flexibility index (Phi) is 6.12. The van der Waals surface area contributed by atoms with Crippen molar-refractivity contribution >= 4 is 17.4 Å². The van der Waals surface area contributed by atoms with E-state index in [0.717, 1.165) is 18.9 Å². The third-order valence-corrected chi connectivity index (χ3v) is 3.58. The molecule has 6 heteroatoms. The summed E-state index contributed by atoms with van der Waals surface area (Å²) >= 11 is 0. The lowest BCUT2D eigenvalue weighted by molar-refractivity contribution is 0.102. The van der Waals surface area contributed by atoms with Gasteiger partial charge in [-0.05, 0) is 39.8 Å². The molecule has 2 aromatic rings. The van der Waals surface area contributed by atoms with Crippen molar-refractivity contribution in [2.24, 2.45) is 0 Å². The maximum Gasteiger partial charge on any atom is 0.274 e. The second-order valence-corrected chi connectivity index (χ2v) is 5.21. The van der Waals surface area contributed by atoms with E-state index in [-0.39, 0.29) is 5.91 Å². The maximum atomic E-state index is 12.6. The monoisotopic (exact) mass is 328 g/mol. The van der Waals surface area contributed by atoms with Crippen LogP contribution in [0.15, 0.2) is 30.3 Å². The number of carbonyl (C=O) groups excluding carboxylic acids is 1. The summed E-state index contributed by atoms with van der Waals surface area (Å²) in [5.74, 6) is 1.70. The molecule has 0 fully saturated rings. The standard InChI is InChI=1S/C18H24N4O2/c1-5-22(6-2)17-12-15(19-13(4)20-17)18(23)21-14-10-8-9-11-16(14)24-7-3/h8-12H,5-7H2,1-4H3,(H,21,23). The molecule has 6 nitrogen and oxygen atoms in total. The Hall–Kier alpha value is -2.63. The molecule has 0 aliphatic rings. The van der Waals surface area contributed by atoms with Gasteiger partial charge in [0.2, 0.25) is 0 Å². The molecule has 1 aromatic carbocycles. The first-order valence-corrected chi connectivity index (χ1v) is 8.22. The van der Waals surface area contributed by atoms with E-state index >= 15 is 0 Å². The Labute approximate surface area is 142 Å². The second kappa shape index (κ2) is 8.29. The minimum absolute atomic E-state index is 0.277. The minimum atomic E-state index is -0.277. The van der Waals surface area contributed by atoms with Crippen molar-refractivity contribution < 1.29 is 9.53 Å². The van der Waals surface area contributed by atoms with Gasteiger partial charge in [0.25, 0.3) is 5.91 Å². The highest BCUT2D eigenvalue weighted by molar-refractivity contribution is 6.04. The van der Waals surface area contributed by atoms with Gasteiger partial charge < -0.3 is 15.0 Å². The van der Waals surface area contributed by atoms with Gasteiger partial charge in [-0.1, -0.05) is 12.1 Å². The van der Waals surface area contributed by atoms with Crippen molar-refractivity contribution in [3.05, 3.63) is 41.9 Å². The predicted octanol–water partition coefficient (Wildman–Crippen LogP) is 3.28. The molecule has 0 aliphatic carbocycles. The third-order valence-electron chi connectivity index (χ3n) is 3.58. The number of amides is 1. The zero-order valence-electron chi connectivity index (χ0n) is 14.7. The maximum absolute atomic E-state index is 12.6. The van der Waals surface area contributed by atoms with Crippen molar-refractivity contribution in [1.29, 1.82) is 0 Å². The number of benzene rings is 1. The molecule has 1 N–H and O–H groups in total. The van der Waals surface area contributed by atoms with Crippen molar-refractivity contribution in [2.75, 3.05) is 29.9 Å². The van der Waals surface area contributed by atoms with Crippen LogP contribution in [0, 0.1) is 6.92 Å². The van der Waals surface area contributed by atoms with Crippen LogP contribution < -0.4 is 15.0 Å². The summed E-state index contributed by atoms with van der Waals surface area (Å²) < 4.78 is 5.54. The number of rotatable bonds is 7. The van der Waals surface area contributed by atoms with E-state index in [1.165, 1.54) is 0 Å². The number of ether oxygens (including phenoxy) is 1. The lowest BCUT2D eigenvalue weighted by atomic mass is 10.2. The van der Waals surface area contributed by atoms with Gasteiger partial charge in [0.15, 0.2) is 0 Å². The number of aromatic nitrogens is 2. The van der Waals surface area contributed by atoms with Gasteiger partial charge in [-0.25, -0.2) is 9.97 Å². The first kappa shape index (κ1) is 17.7. The smallest absolute Gasteiger partial charge is 0.274 e. The Balaban J connectivity index is 2.27. The number of aryl methyl sites for hydroxylation is 1. The van der Waals surface area contributed by atoms with Crippen LogP contribution in [0.25, 0.3) is 0 Å². The molecule has 128 valence electrons. The molecule has 0 bridgehead atoms. The van der Waals surface area contributed by atoms with Crippen LogP contribution in [-0.2, 0) is 0 Å². The fourth-order valence-electron chi connectivity index (χ4n) is 2.42. The highest BCUT2D eigenvalue weighted by atomic mass is 16.5. The molecule has 0 saturated heterocycles. The SMILES string of the molecule is CCOc1ccccc1NC(=O)c1cc(N(CC)CC)nc(C)n1. The number of hydrogen-bond acceptors (Lipinski definition) is 5. The number of para-hydroxylation sites is 2. The molecule has 0 atom stereocenters. The van der Waals surface area contributed by atoms with Crippen LogP contribution in [0.4, 0.5) is 11.5 Å². The predicted molar refractivity (Wildman–Crippen MR) is 95.9 cm³/mol. The van der Waals surface area contributed by atoms with E-state index in [9.17, 15) is 4.79 Å². The number of hydrogen-bond donors (Lipinski definition) is 1. The topological polar surface area (TPSA) is 67.3 Å². The normalized spacial score (nSPS) is 10.3. The number of carbonyl (C=O) groups is 1. The van der Waals surface area contributed by atoms with E-state index in [0.29, 0.717) is 29.6 Å². The van der Waals surface area contributed by atoms with Crippen LogP contribution in [-0.4, -0.2) is 35.6 Å². The molecule has 1 aromatic heterocycles. The largest absolute Gasteiger partial charge is 0.492 e. The Morgan fingerprint density at radius 2 is 1.88 bits per heavy atom. The molecular weight excluding hydrogens is 304 g/mol. The lowest BCUT2D eigenvalue weighted by Crippen LogP contribution is -2.25. The summed E-state index contributed by atoms with van der Waals surface area (Å²) in [5.41, 5.74) is 0.973. The zero-order valence-corrected chi connectivity index (χ0v) is 14.7. The van der Waals surface area contributed by atoms with Crippen LogP contribution >= 0.6 is 0 Å². The summed E-state index contributed by atoms with van der Waals surface area (Å²) in [5, 5.41) is 2.87. The van der Waals surface area contributed by atoms with Gasteiger partial charge in [0.1, 0.15) is 23.1 Å². The molecule has 0 radical (unpaired) electrons. The summed E-state index contributed by atoms with van der Waals surface area (Å²) in [4.78, 5) is 23.4. The fourth-order valence-corrected chi connectivity index (χ4v) is 2.42. The number of nitrogens with zero attached hydrogens (tertiary/aromatic N) is 3. The van der Waals surface area contributed by atoms with Gasteiger partial charge >= 0.3 is 0 Å². The molecule has 0 spiro atoms. The lowest BCUT2D eigenvalue weighted by Gasteiger charge is -2.20. The van der Waals surface area contributed by atoms with Gasteiger partial charge in [-0.2, -0.15) is 0 Å². The molecule has 0 aliphatic heterocycles. The molecule has 1 amide bonds. The Morgan fingerprint density at radius 3 is 2.54 bits per heavy atom. The summed E-state index contributed by atoms with van der Waals surface area (Å²) in [6.45, 7) is 9.98. The van der Waals surface area contributed by atoms with E-state index in [4.69, 9.17) is 4.74 Å². The zero-order chi connectivity index (χ0) is 17.5. The van der Waals surface area contributed by atoms with Gasteiger partial charge in [-0.15, -0.1) is 0 Å². The van der Waals surface area contributed by atoms with Crippen molar-refractivity contribution in [2.45, 2.75) is 27.7 Å². The Morgan fingerprint density at radius 1 is 1.17 bits per heavy atom. The highest BCUT2D eigenvalue weighted by Crippen LogP contribution is 2.24. The molecular formula is C18H24N4O2. The van der Waals surface area contributed by atoms with Crippen LogP contribution in [0.3, 0.4) is 0 Å². The molecule has 2 rings (SSSR count). The van der Waals surface area contributed by atoms with Crippen LogP contribution in [0.1, 0.15) is 37.1 Å². The van der Waals surface area contributed by atoms with Crippen molar-refractivity contribution in [3.63, 3.8) is 0 Å². The number of anilines is 2. The van der Waals surface area contributed by atoms with Crippen molar-refractivity contribution in [3.8, 4) is 5.75 Å². The quantitative estimate of drug-likeness (QED) is 0.845.